The number of methoxy groups -OCH3 is 1. The van der Waals surface area contributed by atoms with Crippen LogP contribution in [0.4, 0.5) is 9.18 Å². The summed E-state index contributed by atoms with van der Waals surface area (Å²) in [5.41, 5.74) is -0.511. The largest absolute Gasteiger partial charge is 0.444 e. The minimum atomic E-state index is -1.75. The molecule has 6 nitrogen and oxygen atoms in total. The Kier molecular flexibility index (Phi) is 8.28. The molecule has 2 unspecified atom stereocenters. The summed E-state index contributed by atoms with van der Waals surface area (Å²) in [6, 6.07) is 4.47. The average Bonchev–Trinajstić information content (AvgIpc) is 2.66. The number of morpholine rings is 1. The SMILES string of the molecule is COC(O)(CCCCC1CN(C(=O)OC(C)(C)C)CCO1)c1cccc(Cl)c1F. The van der Waals surface area contributed by atoms with Crippen molar-refractivity contribution in [3.63, 3.8) is 0 Å². The van der Waals surface area contributed by atoms with Gasteiger partial charge in [-0.25, -0.2) is 9.18 Å². The number of unbranched alkanes of at least 4 members (excludes halogenated alkanes) is 1. The zero-order chi connectivity index (χ0) is 21.7. The highest BCUT2D eigenvalue weighted by Gasteiger charge is 2.33. The van der Waals surface area contributed by atoms with Gasteiger partial charge in [-0.3, -0.25) is 0 Å². The average molecular weight is 432 g/mol. The lowest BCUT2D eigenvalue weighted by molar-refractivity contribution is -0.201. The van der Waals surface area contributed by atoms with Gasteiger partial charge in [-0.15, -0.1) is 0 Å². The Morgan fingerprint density at radius 2 is 2.10 bits per heavy atom. The van der Waals surface area contributed by atoms with Crippen LogP contribution in [0.25, 0.3) is 0 Å². The Morgan fingerprint density at radius 1 is 1.38 bits per heavy atom. The number of carbonyl (C=O) groups excluding carboxylic acids is 1. The van der Waals surface area contributed by atoms with E-state index < -0.39 is 17.2 Å². The van der Waals surface area contributed by atoms with Gasteiger partial charge in [0.1, 0.15) is 11.4 Å². The first-order chi connectivity index (χ1) is 13.6. The molecule has 0 radical (unpaired) electrons. The van der Waals surface area contributed by atoms with Gasteiger partial charge in [0.2, 0.25) is 0 Å². The van der Waals surface area contributed by atoms with Crippen molar-refractivity contribution in [1.29, 1.82) is 0 Å². The van der Waals surface area contributed by atoms with Crippen LogP contribution in [0.5, 0.6) is 0 Å². The van der Waals surface area contributed by atoms with E-state index in [1.165, 1.54) is 19.2 Å². The second-order valence-electron chi connectivity index (χ2n) is 8.25. The number of rotatable bonds is 7. The molecular formula is C21H31ClFNO5. The molecule has 1 N–H and O–H groups in total. The van der Waals surface area contributed by atoms with Gasteiger partial charge in [-0.05, 0) is 39.7 Å². The molecule has 2 atom stereocenters. The molecule has 8 heteroatoms. The maximum Gasteiger partial charge on any atom is 0.410 e. The lowest BCUT2D eigenvalue weighted by atomic mass is 9.97. The normalized spacial score (nSPS) is 19.7. The highest BCUT2D eigenvalue weighted by Crippen LogP contribution is 2.33. The summed E-state index contributed by atoms with van der Waals surface area (Å²) in [6.45, 7) is 6.93. The standard InChI is InChI=1S/C21H31ClFNO5/c1-20(2,3)29-19(25)24-12-13-28-15(14-24)8-5-6-11-21(26,27-4)16-9-7-10-17(22)18(16)23/h7,9-10,15,26H,5-6,8,11-14H2,1-4H3. The predicted octanol–water partition coefficient (Wildman–Crippen LogP) is 4.47. The lowest BCUT2D eigenvalue weighted by Gasteiger charge is -2.34. The minimum absolute atomic E-state index is 0.0255. The summed E-state index contributed by atoms with van der Waals surface area (Å²) in [4.78, 5) is 13.9. The number of carbonyl (C=O) groups is 1. The minimum Gasteiger partial charge on any atom is -0.444 e. The van der Waals surface area contributed by atoms with Crippen LogP contribution in [0.2, 0.25) is 5.02 Å². The first kappa shape index (κ1) is 23.9. The van der Waals surface area contributed by atoms with Gasteiger partial charge in [-0.1, -0.05) is 30.2 Å². The van der Waals surface area contributed by atoms with Crippen LogP contribution in [-0.2, 0) is 20.0 Å². The quantitative estimate of drug-likeness (QED) is 0.509. The Morgan fingerprint density at radius 3 is 2.76 bits per heavy atom. The smallest absolute Gasteiger partial charge is 0.410 e. The summed E-state index contributed by atoms with van der Waals surface area (Å²) < 4.78 is 30.6. The second kappa shape index (κ2) is 10.1. The van der Waals surface area contributed by atoms with Crippen LogP contribution in [0.3, 0.4) is 0 Å². The molecule has 0 bridgehead atoms. The van der Waals surface area contributed by atoms with E-state index in [1.807, 2.05) is 20.8 Å². The molecule has 164 valence electrons. The molecule has 1 fully saturated rings. The fourth-order valence-electron chi connectivity index (χ4n) is 3.28. The second-order valence-corrected chi connectivity index (χ2v) is 8.66. The van der Waals surface area contributed by atoms with Crippen molar-refractivity contribution in [3.05, 3.63) is 34.6 Å². The van der Waals surface area contributed by atoms with Gasteiger partial charge in [0.05, 0.1) is 24.3 Å². The lowest BCUT2D eigenvalue weighted by Crippen LogP contribution is -2.47. The number of amides is 1. The molecule has 1 aromatic carbocycles. The molecule has 0 spiro atoms. The maximum atomic E-state index is 14.3. The summed E-state index contributed by atoms with van der Waals surface area (Å²) >= 11 is 5.82. The van der Waals surface area contributed by atoms with E-state index in [0.717, 1.165) is 6.42 Å². The molecule has 1 heterocycles. The Labute approximate surface area is 176 Å². The molecule has 0 aromatic heterocycles. The number of nitrogens with zero attached hydrogens (tertiary/aromatic N) is 1. The third-order valence-electron chi connectivity index (χ3n) is 4.79. The highest BCUT2D eigenvalue weighted by atomic mass is 35.5. The van der Waals surface area contributed by atoms with Gasteiger partial charge in [0.25, 0.3) is 0 Å². The van der Waals surface area contributed by atoms with Crippen molar-refractivity contribution < 1.29 is 28.5 Å². The molecule has 1 saturated heterocycles. The van der Waals surface area contributed by atoms with Gasteiger partial charge in [0, 0.05) is 25.6 Å². The van der Waals surface area contributed by atoms with Crippen LogP contribution < -0.4 is 0 Å². The van der Waals surface area contributed by atoms with Gasteiger partial charge >= 0.3 is 6.09 Å². The van der Waals surface area contributed by atoms with E-state index in [9.17, 15) is 14.3 Å². The van der Waals surface area contributed by atoms with Crippen molar-refractivity contribution in [2.45, 2.75) is 63.9 Å². The molecule has 1 aliphatic heterocycles. The molecule has 29 heavy (non-hydrogen) atoms. The zero-order valence-electron chi connectivity index (χ0n) is 17.5. The maximum absolute atomic E-state index is 14.3. The molecule has 0 saturated carbocycles. The van der Waals surface area contributed by atoms with Crippen LogP contribution in [0.15, 0.2) is 18.2 Å². The first-order valence-corrected chi connectivity index (χ1v) is 10.2. The summed E-state index contributed by atoms with van der Waals surface area (Å²) in [6.07, 6.45) is 1.79. The van der Waals surface area contributed by atoms with E-state index in [4.69, 9.17) is 25.8 Å². The molecular weight excluding hydrogens is 401 g/mol. The van der Waals surface area contributed by atoms with Gasteiger partial charge in [0.15, 0.2) is 5.79 Å². The van der Waals surface area contributed by atoms with Gasteiger partial charge in [-0.2, -0.15) is 0 Å². The van der Waals surface area contributed by atoms with E-state index in [1.54, 1.807) is 11.0 Å². The van der Waals surface area contributed by atoms with Gasteiger partial charge < -0.3 is 24.2 Å². The summed E-state index contributed by atoms with van der Waals surface area (Å²) in [5.74, 6) is -2.42. The summed E-state index contributed by atoms with van der Waals surface area (Å²) in [5, 5.41) is 10.7. The third kappa shape index (κ3) is 6.81. The first-order valence-electron chi connectivity index (χ1n) is 9.87. The predicted molar refractivity (Wildman–Crippen MR) is 108 cm³/mol. The molecule has 1 aliphatic rings. The highest BCUT2D eigenvalue weighted by molar-refractivity contribution is 6.30. The number of ether oxygens (including phenoxy) is 3. The molecule has 1 aromatic rings. The Balaban J connectivity index is 1.84. The Bertz CT molecular complexity index is 696. The monoisotopic (exact) mass is 431 g/mol. The number of hydrogen-bond donors (Lipinski definition) is 1. The van der Waals surface area contributed by atoms with E-state index in [2.05, 4.69) is 0 Å². The molecule has 1 amide bonds. The van der Waals surface area contributed by atoms with Crippen LogP contribution in [0.1, 0.15) is 52.0 Å². The molecule has 2 rings (SSSR count). The van der Waals surface area contributed by atoms with E-state index >= 15 is 0 Å². The van der Waals surface area contributed by atoms with Crippen LogP contribution in [0, 0.1) is 5.82 Å². The van der Waals surface area contributed by atoms with E-state index in [-0.39, 0.29) is 29.2 Å². The van der Waals surface area contributed by atoms with Crippen molar-refractivity contribution in [2.24, 2.45) is 0 Å². The fourth-order valence-corrected chi connectivity index (χ4v) is 3.45. The third-order valence-corrected chi connectivity index (χ3v) is 5.08. The van der Waals surface area contributed by atoms with Crippen LogP contribution >= 0.6 is 11.6 Å². The Hall–Kier alpha value is -1.41. The van der Waals surface area contributed by atoms with Crippen molar-refractivity contribution in [1.82, 2.24) is 4.90 Å². The van der Waals surface area contributed by atoms with Crippen LogP contribution in [-0.4, -0.2) is 54.6 Å². The fraction of sp³-hybridized carbons (Fsp3) is 0.667. The number of halogens is 2. The number of hydrogen-bond acceptors (Lipinski definition) is 5. The topological polar surface area (TPSA) is 68.2 Å². The van der Waals surface area contributed by atoms with Crippen molar-refractivity contribution in [3.8, 4) is 0 Å². The van der Waals surface area contributed by atoms with E-state index in [0.29, 0.717) is 32.5 Å². The number of benzene rings is 1. The number of aliphatic hydroxyl groups is 1. The zero-order valence-corrected chi connectivity index (χ0v) is 18.3. The van der Waals surface area contributed by atoms with Crippen molar-refractivity contribution in [2.75, 3.05) is 26.8 Å². The molecule has 0 aliphatic carbocycles. The summed E-state index contributed by atoms with van der Waals surface area (Å²) in [7, 11) is 1.34. The van der Waals surface area contributed by atoms with Crippen molar-refractivity contribution >= 4 is 17.7 Å².